The summed E-state index contributed by atoms with van der Waals surface area (Å²) in [6.07, 6.45) is 3.15. The minimum atomic E-state index is -0.102. The molecular weight excluding hydrogens is 350 g/mol. The minimum Gasteiger partial charge on any atom is -0.325 e. The molecule has 5 heteroatoms. The first-order valence-electron chi connectivity index (χ1n) is 10.1. The fraction of sp³-hybridized carbons (Fsp3) is 0.391. The fourth-order valence-electron chi connectivity index (χ4n) is 3.70. The van der Waals surface area contributed by atoms with E-state index in [1.54, 1.807) is 4.90 Å². The molecule has 1 aliphatic rings. The molecule has 1 fully saturated rings. The van der Waals surface area contributed by atoms with Crippen LogP contribution in [0.15, 0.2) is 48.5 Å². The first kappa shape index (κ1) is 19.9. The number of urea groups is 1. The predicted molar refractivity (Wildman–Crippen MR) is 114 cm³/mol. The molecule has 2 aromatic carbocycles. The number of hydrogen-bond acceptors (Lipinski definition) is 2. The van der Waals surface area contributed by atoms with Gasteiger partial charge < -0.3 is 15.5 Å². The molecule has 0 spiro atoms. The van der Waals surface area contributed by atoms with Gasteiger partial charge >= 0.3 is 6.03 Å². The molecule has 0 saturated carbocycles. The van der Waals surface area contributed by atoms with E-state index in [0.717, 1.165) is 24.2 Å². The van der Waals surface area contributed by atoms with Gasteiger partial charge in [0.25, 0.3) is 0 Å². The smallest absolute Gasteiger partial charge is 0.321 e. The SMILES string of the molecule is CCc1cccc(CC)c1NC(=O)C1CCN(C(=O)Nc2ccccc2)CC1. The van der Waals surface area contributed by atoms with E-state index >= 15 is 0 Å². The number of amides is 3. The van der Waals surface area contributed by atoms with Crippen molar-refractivity contribution in [3.8, 4) is 0 Å². The van der Waals surface area contributed by atoms with Crippen LogP contribution in [-0.2, 0) is 17.6 Å². The molecule has 0 atom stereocenters. The van der Waals surface area contributed by atoms with Gasteiger partial charge in [-0.25, -0.2) is 4.79 Å². The summed E-state index contributed by atoms with van der Waals surface area (Å²) < 4.78 is 0. The third-order valence-electron chi connectivity index (χ3n) is 5.43. The number of carbonyl (C=O) groups is 2. The van der Waals surface area contributed by atoms with E-state index in [0.29, 0.717) is 25.9 Å². The maximum Gasteiger partial charge on any atom is 0.321 e. The Kier molecular flexibility index (Phi) is 6.69. The molecule has 3 amide bonds. The maximum atomic E-state index is 12.8. The zero-order valence-electron chi connectivity index (χ0n) is 16.7. The van der Waals surface area contributed by atoms with Crippen LogP contribution in [-0.4, -0.2) is 29.9 Å². The number of carbonyl (C=O) groups excluding carboxylic acids is 2. The number of likely N-dealkylation sites (tertiary alicyclic amines) is 1. The van der Waals surface area contributed by atoms with Gasteiger partial charge in [-0.2, -0.15) is 0 Å². The molecule has 0 bridgehead atoms. The van der Waals surface area contributed by atoms with Crippen molar-refractivity contribution in [3.05, 3.63) is 59.7 Å². The van der Waals surface area contributed by atoms with Crippen molar-refractivity contribution in [2.75, 3.05) is 23.7 Å². The Morgan fingerprint density at radius 3 is 2.07 bits per heavy atom. The number of nitrogens with one attached hydrogen (secondary N) is 2. The van der Waals surface area contributed by atoms with E-state index in [1.807, 2.05) is 30.3 Å². The van der Waals surface area contributed by atoms with Gasteiger partial charge in [-0.1, -0.05) is 50.2 Å². The molecule has 148 valence electrons. The van der Waals surface area contributed by atoms with E-state index in [4.69, 9.17) is 0 Å². The second kappa shape index (κ2) is 9.40. The summed E-state index contributed by atoms with van der Waals surface area (Å²) in [5.74, 6) is 0.00844. The molecule has 2 N–H and O–H groups in total. The van der Waals surface area contributed by atoms with Gasteiger partial charge in [0.2, 0.25) is 5.91 Å². The van der Waals surface area contributed by atoms with Crippen molar-refractivity contribution in [3.63, 3.8) is 0 Å². The number of nitrogens with zero attached hydrogens (tertiary/aromatic N) is 1. The summed E-state index contributed by atoms with van der Waals surface area (Å²) in [5, 5.41) is 6.09. The molecule has 2 aromatic rings. The van der Waals surface area contributed by atoms with Gasteiger partial charge in [-0.3, -0.25) is 4.79 Å². The van der Waals surface area contributed by atoms with Gasteiger partial charge in [0, 0.05) is 30.4 Å². The van der Waals surface area contributed by atoms with Crippen molar-refractivity contribution >= 4 is 23.3 Å². The Balaban J connectivity index is 1.56. The van der Waals surface area contributed by atoms with E-state index < -0.39 is 0 Å². The van der Waals surface area contributed by atoms with Gasteiger partial charge in [0.1, 0.15) is 0 Å². The third-order valence-corrected chi connectivity index (χ3v) is 5.43. The van der Waals surface area contributed by atoms with Crippen LogP contribution < -0.4 is 10.6 Å². The lowest BCUT2D eigenvalue weighted by Crippen LogP contribution is -2.43. The molecule has 1 aliphatic heterocycles. The highest BCUT2D eigenvalue weighted by atomic mass is 16.2. The van der Waals surface area contributed by atoms with E-state index in [2.05, 4.69) is 42.7 Å². The van der Waals surface area contributed by atoms with Crippen molar-refractivity contribution in [2.45, 2.75) is 39.5 Å². The van der Waals surface area contributed by atoms with Crippen LogP contribution in [0.1, 0.15) is 37.8 Å². The number of anilines is 2. The topological polar surface area (TPSA) is 61.4 Å². The standard InChI is InChI=1S/C23H29N3O2/c1-3-17-9-8-10-18(4-2)21(17)25-22(27)19-13-15-26(16-14-19)23(28)24-20-11-6-5-7-12-20/h5-12,19H,3-4,13-16H2,1-2H3,(H,24,28)(H,25,27). The molecule has 0 aromatic heterocycles. The lowest BCUT2D eigenvalue weighted by molar-refractivity contribution is -0.121. The second-order valence-corrected chi connectivity index (χ2v) is 7.21. The summed E-state index contributed by atoms with van der Waals surface area (Å²) in [6, 6.07) is 15.5. The largest absolute Gasteiger partial charge is 0.325 e. The molecule has 28 heavy (non-hydrogen) atoms. The molecule has 3 rings (SSSR count). The van der Waals surface area contributed by atoms with Crippen molar-refractivity contribution in [1.29, 1.82) is 0 Å². The summed E-state index contributed by atoms with van der Waals surface area (Å²) in [7, 11) is 0. The quantitative estimate of drug-likeness (QED) is 0.791. The number of hydrogen-bond donors (Lipinski definition) is 2. The molecule has 0 aliphatic carbocycles. The van der Waals surface area contributed by atoms with E-state index in [1.165, 1.54) is 11.1 Å². The molecular formula is C23H29N3O2. The van der Waals surface area contributed by atoms with Crippen LogP contribution in [0.2, 0.25) is 0 Å². The number of para-hydroxylation sites is 2. The second-order valence-electron chi connectivity index (χ2n) is 7.21. The van der Waals surface area contributed by atoms with Gasteiger partial charge in [-0.05, 0) is 48.9 Å². The predicted octanol–water partition coefficient (Wildman–Crippen LogP) is 4.69. The van der Waals surface area contributed by atoms with Crippen LogP contribution in [0.3, 0.4) is 0 Å². The molecule has 5 nitrogen and oxygen atoms in total. The zero-order valence-corrected chi connectivity index (χ0v) is 16.7. The number of rotatable bonds is 5. The van der Waals surface area contributed by atoms with Gasteiger partial charge in [-0.15, -0.1) is 0 Å². The Morgan fingerprint density at radius 1 is 0.893 bits per heavy atom. The number of benzene rings is 2. The normalized spacial score (nSPS) is 14.6. The van der Waals surface area contributed by atoms with Gasteiger partial charge in [0.05, 0.1) is 0 Å². The van der Waals surface area contributed by atoms with Crippen molar-refractivity contribution in [2.24, 2.45) is 5.92 Å². The Morgan fingerprint density at radius 2 is 1.50 bits per heavy atom. The first-order valence-corrected chi connectivity index (χ1v) is 10.1. The first-order chi connectivity index (χ1) is 13.6. The van der Waals surface area contributed by atoms with Crippen LogP contribution in [0, 0.1) is 5.92 Å². The Bertz CT molecular complexity index is 790. The van der Waals surface area contributed by atoms with Crippen LogP contribution in [0.4, 0.5) is 16.2 Å². The average molecular weight is 380 g/mol. The highest BCUT2D eigenvalue weighted by Crippen LogP contribution is 2.25. The van der Waals surface area contributed by atoms with E-state index in [9.17, 15) is 9.59 Å². The van der Waals surface area contributed by atoms with Crippen molar-refractivity contribution < 1.29 is 9.59 Å². The zero-order chi connectivity index (χ0) is 19.9. The average Bonchev–Trinajstić information content (AvgIpc) is 2.74. The van der Waals surface area contributed by atoms with Gasteiger partial charge in [0.15, 0.2) is 0 Å². The van der Waals surface area contributed by atoms with Crippen LogP contribution in [0.5, 0.6) is 0 Å². The van der Waals surface area contributed by atoms with Crippen LogP contribution >= 0.6 is 0 Å². The lowest BCUT2D eigenvalue weighted by Gasteiger charge is -2.31. The number of piperidine rings is 1. The molecule has 0 radical (unpaired) electrons. The molecule has 1 saturated heterocycles. The Labute approximate surface area is 167 Å². The highest BCUT2D eigenvalue weighted by molar-refractivity contribution is 5.94. The maximum absolute atomic E-state index is 12.8. The summed E-state index contributed by atoms with van der Waals surface area (Å²) >= 11 is 0. The summed E-state index contributed by atoms with van der Waals surface area (Å²) in [5.41, 5.74) is 4.11. The monoisotopic (exact) mass is 379 g/mol. The fourth-order valence-corrected chi connectivity index (χ4v) is 3.70. The summed E-state index contributed by atoms with van der Waals surface area (Å²) in [6.45, 7) is 5.39. The highest BCUT2D eigenvalue weighted by Gasteiger charge is 2.28. The van der Waals surface area contributed by atoms with E-state index in [-0.39, 0.29) is 17.9 Å². The minimum absolute atomic E-state index is 0.0598. The Hall–Kier alpha value is -2.82. The molecule has 1 heterocycles. The van der Waals surface area contributed by atoms with Crippen LogP contribution in [0.25, 0.3) is 0 Å². The number of aryl methyl sites for hydroxylation is 2. The van der Waals surface area contributed by atoms with Crippen molar-refractivity contribution in [1.82, 2.24) is 4.90 Å². The molecule has 0 unspecified atom stereocenters. The summed E-state index contributed by atoms with van der Waals surface area (Å²) in [4.78, 5) is 27.0. The lowest BCUT2D eigenvalue weighted by atomic mass is 9.95. The third kappa shape index (κ3) is 4.71.